The van der Waals surface area contributed by atoms with E-state index in [9.17, 15) is 13.2 Å². The Kier molecular flexibility index (Phi) is 17.3. The van der Waals surface area contributed by atoms with Crippen molar-refractivity contribution in [2.24, 2.45) is 0 Å². The van der Waals surface area contributed by atoms with Crippen molar-refractivity contribution in [3.05, 3.63) is 153 Å². The topological polar surface area (TPSA) is 110 Å². The van der Waals surface area contributed by atoms with E-state index in [4.69, 9.17) is 16.8 Å². The monoisotopic (exact) mass is 1210 g/mol. The predicted octanol–water partition coefficient (Wildman–Crippen LogP) is 22.2. The molecule has 0 radical (unpaired) electrons. The van der Waals surface area contributed by atoms with Crippen molar-refractivity contribution in [2.45, 2.75) is 234 Å². The molecule has 12 heteroatoms. The van der Waals surface area contributed by atoms with E-state index in [2.05, 4.69) is 215 Å². The van der Waals surface area contributed by atoms with Gasteiger partial charge in [0.15, 0.2) is 0 Å². The molecule has 0 saturated carbocycles. The molecule has 0 aliphatic carbocycles. The fourth-order valence-corrected chi connectivity index (χ4v) is 15.7. The standard InChI is InChI=1S/C41H52NO4PS.C32H46NO3P/c1-27-19-21-31(22-20-27)48(43,44)42(30-17-15-14-16-18-30)47-45-36-32(23-28(38(2,3)4)25-34(36)40(8,9)10)33-24-29(39(5,6)7)26-35(37(33)46-47)41(11,12)13;1-29(2,3)20-16-22-23-17-21(30(4,5)6)19-25(32(10,11)12)28(23)36-37(33-15-13-14-26(33)34)35-27(22)24(18-20)31(7,8)9/h14-26H,1-13H3;16-19H,13-15H2,1-12H3. The Morgan fingerprint density at radius 3 is 1.02 bits per heavy atom. The summed E-state index contributed by atoms with van der Waals surface area (Å²) in [6.07, 6.45) is 1.39. The van der Waals surface area contributed by atoms with Crippen LogP contribution >= 0.6 is 16.3 Å². The summed E-state index contributed by atoms with van der Waals surface area (Å²) in [5.41, 5.74) is 12.4. The molecule has 1 fully saturated rings. The van der Waals surface area contributed by atoms with E-state index < -0.39 is 26.4 Å². The molecule has 1 amide bonds. The van der Waals surface area contributed by atoms with Crippen molar-refractivity contribution in [1.82, 2.24) is 0 Å². The van der Waals surface area contributed by atoms with Crippen molar-refractivity contribution in [3.63, 3.8) is 0 Å². The van der Waals surface area contributed by atoms with E-state index >= 15 is 0 Å². The average molecular weight is 1210 g/mol. The van der Waals surface area contributed by atoms with Crippen LogP contribution in [0.2, 0.25) is 0 Å². The van der Waals surface area contributed by atoms with E-state index in [1.54, 1.807) is 24.3 Å². The number of fused-ring (bicyclic) bond motifs is 6. The summed E-state index contributed by atoms with van der Waals surface area (Å²) in [5.74, 6) is 0.114. The lowest BCUT2D eigenvalue weighted by Crippen LogP contribution is -2.23. The number of hydrogen-bond donors (Lipinski definition) is 0. The van der Waals surface area contributed by atoms with Gasteiger partial charge in [0.05, 0.1) is 10.6 Å². The van der Waals surface area contributed by atoms with Crippen LogP contribution in [0.25, 0.3) is 43.9 Å². The lowest BCUT2D eigenvalue weighted by atomic mass is 9.77. The fourth-order valence-electron chi connectivity index (χ4n) is 10.7. The van der Waals surface area contributed by atoms with E-state index in [-0.39, 0.29) is 54.1 Å². The number of amides is 1. The third-order valence-electron chi connectivity index (χ3n) is 16.2. The quantitative estimate of drug-likeness (QED) is 0.169. The zero-order valence-corrected chi connectivity index (χ0v) is 58.6. The molecular formula is C73H98N2O7P2S. The first-order valence-corrected chi connectivity index (χ1v) is 34.0. The van der Waals surface area contributed by atoms with Gasteiger partial charge in [-0.05, 0) is 127 Å². The third-order valence-corrected chi connectivity index (χ3v) is 21.5. The Morgan fingerprint density at radius 1 is 0.424 bits per heavy atom. The molecular weight excluding hydrogens is 1110 g/mol. The zero-order valence-electron chi connectivity index (χ0n) is 56.0. The molecule has 9 rings (SSSR count). The van der Waals surface area contributed by atoms with Gasteiger partial charge < -0.3 is 16.8 Å². The molecule has 1 saturated heterocycles. The molecule has 458 valence electrons. The van der Waals surface area contributed by atoms with Gasteiger partial charge >= 0.3 is 16.3 Å². The molecule has 2 aromatic heterocycles. The summed E-state index contributed by atoms with van der Waals surface area (Å²) in [6, 6.07) is 34.3. The number of hydrogen-bond acceptors (Lipinski definition) is 7. The Hall–Kier alpha value is -5.66. The largest absolute Gasteiger partial charge is 0.403 e. The van der Waals surface area contributed by atoms with Crippen molar-refractivity contribution >= 4 is 81.8 Å². The van der Waals surface area contributed by atoms with Gasteiger partial charge in [-0.15, -0.1) is 0 Å². The maximum absolute atomic E-state index is 14.8. The zero-order chi connectivity index (χ0) is 63.3. The van der Waals surface area contributed by atoms with Gasteiger partial charge in [0.2, 0.25) is 5.91 Å². The second-order valence-electron chi connectivity index (χ2n) is 32.0. The molecule has 9 nitrogen and oxygen atoms in total. The van der Waals surface area contributed by atoms with Crippen LogP contribution in [0.1, 0.15) is 229 Å². The molecule has 6 aromatic carbocycles. The maximum Gasteiger partial charge on any atom is 0.356 e. The number of aryl methyl sites for hydroxylation is 1. The molecule has 1 aliphatic heterocycles. The van der Waals surface area contributed by atoms with Crippen molar-refractivity contribution < 1.29 is 30.0 Å². The second-order valence-corrected chi connectivity index (χ2v) is 36.6. The van der Waals surface area contributed by atoms with Crippen molar-refractivity contribution in [2.75, 3.05) is 15.3 Å². The molecule has 0 N–H and O–H groups in total. The van der Waals surface area contributed by atoms with Crippen LogP contribution in [0.15, 0.2) is 125 Å². The SMILES string of the molecule is CC(C)(C)c1cc(C(C)(C)C)c2op(N3CCCC3=O)oc3c(C(C)(C)C)cc(C(C)(C)C)cc3c2c1.Cc1ccc(S(=O)(=O)N(c2ccccc2)p2oc3c(C(C)(C)C)cc(C(C)(C)C)cc3c3cc(C(C)(C)C)cc(C(C)(C)C)c3o2)cc1. The smallest absolute Gasteiger partial charge is 0.356 e. The van der Waals surface area contributed by atoms with E-state index in [1.807, 2.05) is 41.9 Å². The Balaban J connectivity index is 0.000000229. The van der Waals surface area contributed by atoms with Gasteiger partial charge in [-0.3, -0.25) is 4.79 Å². The number of carbonyl (C=O) groups excluding carboxylic acids is 1. The Morgan fingerprint density at radius 2 is 0.741 bits per heavy atom. The van der Waals surface area contributed by atoms with Crippen LogP contribution in [-0.4, -0.2) is 20.9 Å². The maximum atomic E-state index is 14.8. The number of nitrogens with zero attached hydrogens (tertiary/aromatic N) is 2. The number of anilines is 1. The lowest BCUT2D eigenvalue weighted by molar-refractivity contribution is -0.116. The number of sulfonamides is 1. The predicted molar refractivity (Wildman–Crippen MR) is 362 cm³/mol. The molecule has 0 unspecified atom stereocenters. The van der Waals surface area contributed by atoms with Crippen LogP contribution in [0.3, 0.4) is 0 Å². The molecule has 0 atom stereocenters. The highest BCUT2D eigenvalue weighted by atomic mass is 32.2. The summed E-state index contributed by atoms with van der Waals surface area (Å²) in [6.45, 7) is 56.0. The van der Waals surface area contributed by atoms with Crippen LogP contribution in [-0.2, 0) is 58.1 Å². The number of carbonyl (C=O) groups is 1. The highest BCUT2D eigenvalue weighted by Gasteiger charge is 2.36. The number of para-hydroxylation sites is 1. The summed E-state index contributed by atoms with van der Waals surface area (Å²) < 4.78 is 60.7. The summed E-state index contributed by atoms with van der Waals surface area (Å²) >= 11 is 0. The van der Waals surface area contributed by atoms with E-state index in [0.717, 1.165) is 66.9 Å². The molecule has 85 heavy (non-hydrogen) atoms. The normalized spacial score (nSPS) is 14.4. The van der Waals surface area contributed by atoms with Gasteiger partial charge in [0.25, 0.3) is 10.0 Å². The molecule has 1 aliphatic rings. The van der Waals surface area contributed by atoms with Crippen LogP contribution in [0.4, 0.5) is 5.69 Å². The fraction of sp³-hybridized carbons (Fsp3) is 0.493. The highest BCUT2D eigenvalue weighted by molar-refractivity contribution is 7.98. The van der Waals surface area contributed by atoms with Gasteiger partial charge in [-0.2, -0.15) is 4.08 Å². The van der Waals surface area contributed by atoms with Crippen LogP contribution in [0.5, 0.6) is 0 Å². The third kappa shape index (κ3) is 13.7. The average Bonchev–Trinajstić information content (AvgIpc) is 1.77. The Bertz CT molecular complexity index is 3850. The lowest BCUT2D eigenvalue weighted by Gasteiger charge is -2.27. The van der Waals surface area contributed by atoms with Crippen molar-refractivity contribution in [3.8, 4) is 0 Å². The van der Waals surface area contributed by atoms with E-state index in [0.29, 0.717) is 29.8 Å². The van der Waals surface area contributed by atoms with Gasteiger partial charge in [-0.1, -0.05) is 226 Å². The van der Waals surface area contributed by atoms with E-state index in [1.165, 1.54) is 26.3 Å². The van der Waals surface area contributed by atoms with Crippen LogP contribution < -0.4 is 8.75 Å². The summed E-state index contributed by atoms with van der Waals surface area (Å²) in [7, 11) is -8.06. The summed E-state index contributed by atoms with van der Waals surface area (Å²) in [4.78, 5) is 13.1. The number of benzene rings is 6. The minimum Gasteiger partial charge on any atom is -0.403 e. The second kappa shape index (κ2) is 22.5. The molecule has 0 spiro atoms. The van der Waals surface area contributed by atoms with Gasteiger partial charge in [-0.25, -0.2) is 13.1 Å². The highest BCUT2D eigenvalue weighted by Crippen LogP contribution is 2.51. The minimum atomic E-state index is -4.14. The van der Waals surface area contributed by atoms with Crippen molar-refractivity contribution in [1.29, 1.82) is 0 Å². The van der Waals surface area contributed by atoms with Gasteiger partial charge in [0.1, 0.15) is 22.3 Å². The molecule has 3 heterocycles. The first-order chi connectivity index (χ1) is 38.8. The summed E-state index contributed by atoms with van der Waals surface area (Å²) in [5, 5.41) is 3.98. The Labute approximate surface area is 511 Å². The number of rotatable bonds is 5. The molecule has 8 aromatic rings. The first kappa shape index (κ1) is 65.3. The van der Waals surface area contributed by atoms with Gasteiger partial charge in [0, 0.05) is 56.8 Å². The minimum absolute atomic E-state index is 0.0352. The first-order valence-electron chi connectivity index (χ1n) is 30.3. The molecule has 0 bridgehead atoms. The van der Waals surface area contributed by atoms with Crippen LogP contribution in [0, 0.1) is 6.92 Å².